The lowest BCUT2D eigenvalue weighted by Crippen LogP contribution is -1.93. The molecule has 0 heterocycles. The lowest BCUT2D eigenvalue weighted by atomic mass is 10.2. The van der Waals surface area contributed by atoms with Gasteiger partial charge >= 0.3 is 0 Å². The van der Waals surface area contributed by atoms with Crippen LogP contribution in [-0.4, -0.2) is 0 Å². The van der Waals surface area contributed by atoms with Gasteiger partial charge in [0, 0.05) is 10.0 Å². The van der Waals surface area contributed by atoms with Gasteiger partial charge in [-0.25, -0.2) is 8.78 Å². The number of halogens is 5. The average Bonchev–Trinajstić information content (AvgIpc) is 2.01. The summed E-state index contributed by atoms with van der Waals surface area (Å²) in [4.78, 5) is 0. The largest absolute Gasteiger partial charge is 0.206 e. The summed E-state index contributed by atoms with van der Waals surface area (Å²) in [5, 5.41) is 0. The highest BCUT2D eigenvalue weighted by molar-refractivity contribution is 9.11. The quantitative estimate of drug-likeness (QED) is 0.413. The molecule has 0 aliphatic carbocycles. The Balaban J connectivity index is 3.40. The van der Waals surface area contributed by atoms with E-state index in [1.54, 1.807) is 0 Å². The molecule has 1 aromatic carbocycles. The minimum atomic E-state index is -0.656. The van der Waals surface area contributed by atoms with Gasteiger partial charge in [-0.05, 0) is 22.0 Å². The van der Waals surface area contributed by atoms with E-state index in [4.69, 9.17) is 11.6 Å². The van der Waals surface area contributed by atoms with Crippen LogP contribution in [0.4, 0.5) is 8.78 Å². The van der Waals surface area contributed by atoms with Gasteiger partial charge in [-0.1, -0.05) is 15.9 Å². The van der Waals surface area contributed by atoms with E-state index in [1.807, 2.05) is 0 Å². The molecule has 0 atom stereocenters. The summed E-state index contributed by atoms with van der Waals surface area (Å²) in [5.74, 6) is -1.30. The van der Waals surface area contributed by atoms with Crippen LogP contribution in [0.2, 0.25) is 0 Å². The molecule has 0 saturated carbocycles. The first kappa shape index (κ1) is 10.4. The Morgan fingerprint density at radius 1 is 1.33 bits per heavy atom. The van der Waals surface area contributed by atoms with Crippen molar-refractivity contribution in [2.24, 2.45) is 0 Å². The summed E-state index contributed by atoms with van der Waals surface area (Å²) >= 11 is 11.2. The summed E-state index contributed by atoms with van der Waals surface area (Å²) in [6.07, 6.45) is 0. The van der Waals surface area contributed by atoms with Gasteiger partial charge in [0.2, 0.25) is 0 Å². The second-order valence-corrected chi connectivity index (χ2v) is 3.99. The highest BCUT2D eigenvalue weighted by atomic mass is 79.9. The summed E-state index contributed by atoms with van der Waals surface area (Å²) in [6, 6.07) is 1.17. The Kier molecular flexibility index (Phi) is 3.49. The Morgan fingerprint density at radius 3 is 2.42 bits per heavy atom. The maximum absolute atomic E-state index is 13.1. The molecule has 0 unspecified atom stereocenters. The number of hydrogen-bond acceptors (Lipinski definition) is 0. The van der Waals surface area contributed by atoms with Crippen LogP contribution in [0.5, 0.6) is 0 Å². The fraction of sp³-hybridized carbons (Fsp3) is 0.143. The van der Waals surface area contributed by atoms with E-state index in [0.717, 1.165) is 0 Å². The van der Waals surface area contributed by atoms with Gasteiger partial charge in [0.05, 0.1) is 10.4 Å². The molecule has 0 fully saturated rings. The predicted octanol–water partition coefficient (Wildman–Crippen LogP) is 4.23. The van der Waals surface area contributed by atoms with E-state index >= 15 is 0 Å². The van der Waals surface area contributed by atoms with Gasteiger partial charge in [-0.15, -0.1) is 11.6 Å². The van der Waals surface area contributed by atoms with Crippen LogP contribution in [0, 0.1) is 11.6 Å². The van der Waals surface area contributed by atoms with E-state index in [2.05, 4.69) is 31.9 Å². The first-order valence-electron chi connectivity index (χ1n) is 2.95. The van der Waals surface area contributed by atoms with Crippen LogP contribution in [0.1, 0.15) is 5.56 Å². The van der Waals surface area contributed by atoms with Crippen LogP contribution in [0.25, 0.3) is 0 Å². The van der Waals surface area contributed by atoms with Crippen molar-refractivity contribution in [2.75, 3.05) is 0 Å². The summed E-state index contributed by atoms with van der Waals surface area (Å²) < 4.78 is 26.1. The number of benzene rings is 1. The van der Waals surface area contributed by atoms with Crippen LogP contribution < -0.4 is 0 Å². The molecule has 0 bridgehead atoms. The maximum atomic E-state index is 13.1. The van der Waals surface area contributed by atoms with Gasteiger partial charge in [-0.2, -0.15) is 0 Å². The highest BCUT2D eigenvalue weighted by Crippen LogP contribution is 2.29. The van der Waals surface area contributed by atoms with Crippen LogP contribution in [0.3, 0.4) is 0 Å². The van der Waals surface area contributed by atoms with Gasteiger partial charge < -0.3 is 0 Å². The third kappa shape index (κ3) is 1.80. The lowest BCUT2D eigenvalue weighted by Gasteiger charge is -2.04. The third-order valence-electron chi connectivity index (χ3n) is 1.34. The molecular formula is C7H3Br2ClF2. The molecule has 0 amide bonds. The molecule has 0 radical (unpaired) electrons. The zero-order chi connectivity index (χ0) is 9.30. The normalized spacial score (nSPS) is 10.4. The van der Waals surface area contributed by atoms with Gasteiger partial charge in [0.25, 0.3) is 0 Å². The molecule has 0 aliphatic rings. The molecule has 0 N–H and O–H groups in total. The SMILES string of the molecule is Fc1cc(Br)c(CCl)c(F)c1Br. The van der Waals surface area contributed by atoms with Gasteiger partial charge in [-0.3, -0.25) is 0 Å². The van der Waals surface area contributed by atoms with Crippen LogP contribution in [0.15, 0.2) is 15.0 Å². The average molecular weight is 320 g/mol. The van der Waals surface area contributed by atoms with Crippen molar-refractivity contribution >= 4 is 43.5 Å². The maximum Gasteiger partial charge on any atom is 0.145 e. The molecule has 0 spiro atoms. The second kappa shape index (κ2) is 4.03. The van der Waals surface area contributed by atoms with E-state index in [1.165, 1.54) is 6.07 Å². The molecule has 66 valence electrons. The van der Waals surface area contributed by atoms with Crippen molar-refractivity contribution in [3.63, 3.8) is 0 Å². The molecule has 0 aliphatic heterocycles. The van der Waals surface area contributed by atoms with E-state index in [-0.39, 0.29) is 15.9 Å². The van der Waals surface area contributed by atoms with Crippen molar-refractivity contribution < 1.29 is 8.78 Å². The van der Waals surface area contributed by atoms with Crippen molar-refractivity contribution in [1.82, 2.24) is 0 Å². The zero-order valence-corrected chi connectivity index (χ0v) is 9.60. The van der Waals surface area contributed by atoms with E-state index in [0.29, 0.717) is 4.47 Å². The summed E-state index contributed by atoms with van der Waals surface area (Å²) in [7, 11) is 0. The second-order valence-electron chi connectivity index (χ2n) is 2.08. The summed E-state index contributed by atoms with van der Waals surface area (Å²) in [6.45, 7) is 0. The fourth-order valence-electron chi connectivity index (χ4n) is 0.726. The lowest BCUT2D eigenvalue weighted by molar-refractivity contribution is 0.563. The van der Waals surface area contributed by atoms with Gasteiger partial charge in [0.1, 0.15) is 11.6 Å². The minimum absolute atomic E-state index is 0.00525. The molecule has 0 nitrogen and oxygen atoms in total. The number of hydrogen-bond donors (Lipinski definition) is 0. The van der Waals surface area contributed by atoms with Crippen LogP contribution in [-0.2, 0) is 5.88 Å². The van der Waals surface area contributed by atoms with Crippen molar-refractivity contribution in [2.45, 2.75) is 5.88 Å². The Hall–Kier alpha value is 0.330. The number of alkyl halides is 1. The third-order valence-corrected chi connectivity index (χ3v) is 3.04. The Bertz CT molecular complexity index is 315. The predicted molar refractivity (Wildman–Crippen MR) is 51.3 cm³/mol. The highest BCUT2D eigenvalue weighted by Gasteiger charge is 2.14. The Morgan fingerprint density at radius 2 is 1.92 bits per heavy atom. The molecule has 12 heavy (non-hydrogen) atoms. The first-order valence-corrected chi connectivity index (χ1v) is 5.07. The molecule has 1 aromatic rings. The topological polar surface area (TPSA) is 0 Å². The molecule has 5 heteroatoms. The van der Waals surface area contributed by atoms with Gasteiger partial charge in [0.15, 0.2) is 0 Å². The first-order chi connectivity index (χ1) is 5.57. The molecule has 1 rings (SSSR count). The van der Waals surface area contributed by atoms with E-state index < -0.39 is 11.6 Å². The standard InChI is InChI=1S/C7H3Br2ClF2/c8-4-1-5(11)6(9)7(12)3(4)2-10/h1H,2H2. The van der Waals surface area contributed by atoms with Crippen molar-refractivity contribution in [3.8, 4) is 0 Å². The summed E-state index contributed by atoms with van der Waals surface area (Å²) in [5.41, 5.74) is 0.255. The molecular weight excluding hydrogens is 317 g/mol. The minimum Gasteiger partial charge on any atom is -0.206 e. The van der Waals surface area contributed by atoms with Crippen LogP contribution >= 0.6 is 43.5 Å². The smallest absolute Gasteiger partial charge is 0.145 e. The van der Waals surface area contributed by atoms with E-state index in [9.17, 15) is 8.78 Å². The monoisotopic (exact) mass is 318 g/mol. The van der Waals surface area contributed by atoms with Crippen molar-refractivity contribution in [1.29, 1.82) is 0 Å². The van der Waals surface area contributed by atoms with Crippen molar-refractivity contribution in [3.05, 3.63) is 32.2 Å². The molecule has 0 saturated heterocycles. The zero-order valence-electron chi connectivity index (χ0n) is 5.67. The number of rotatable bonds is 1. The fourth-order valence-corrected chi connectivity index (χ4v) is 2.02. The molecule has 0 aromatic heterocycles. The Labute approximate surface area is 90.2 Å².